The Hall–Kier alpha value is -1.79. The molecule has 0 aliphatic heterocycles. The molecule has 0 saturated carbocycles. The zero-order valence-corrected chi connectivity index (χ0v) is 11.6. The van der Waals surface area contributed by atoms with Crippen LogP contribution in [0.15, 0.2) is 53.0 Å². The van der Waals surface area contributed by atoms with E-state index < -0.39 is 0 Å². The molecule has 0 radical (unpaired) electrons. The van der Waals surface area contributed by atoms with E-state index in [9.17, 15) is 0 Å². The first-order chi connectivity index (χ1) is 8.72. The average Bonchev–Trinajstić information content (AvgIpc) is 2.39. The van der Waals surface area contributed by atoms with Crippen molar-refractivity contribution in [2.24, 2.45) is 0 Å². The van der Waals surface area contributed by atoms with Crippen LogP contribution in [0.4, 0.5) is 5.69 Å². The topological polar surface area (TPSA) is 35.8 Å². The molecule has 2 aromatic carbocycles. The lowest BCUT2D eigenvalue weighted by Gasteiger charge is -2.17. The highest BCUT2D eigenvalue weighted by atomic mass is 79.9. The summed E-state index contributed by atoms with van der Waals surface area (Å²) in [5, 5.41) is 12.4. The Kier molecular flexibility index (Phi) is 4.01. The van der Waals surface area contributed by atoms with E-state index in [1.165, 1.54) is 5.56 Å². The van der Waals surface area contributed by atoms with Gasteiger partial charge in [-0.25, -0.2) is 0 Å². The van der Waals surface area contributed by atoms with Crippen LogP contribution in [0.1, 0.15) is 24.1 Å². The lowest BCUT2D eigenvalue weighted by molar-refractivity contribution is 0.878. The summed E-state index contributed by atoms with van der Waals surface area (Å²) in [4.78, 5) is 0. The van der Waals surface area contributed by atoms with Crippen molar-refractivity contribution in [3.8, 4) is 6.07 Å². The monoisotopic (exact) mass is 300 g/mol. The Balaban J connectivity index is 2.25. The summed E-state index contributed by atoms with van der Waals surface area (Å²) >= 11 is 3.54. The number of halogens is 1. The molecule has 1 unspecified atom stereocenters. The van der Waals surface area contributed by atoms with Gasteiger partial charge in [-0.2, -0.15) is 5.26 Å². The van der Waals surface area contributed by atoms with Crippen LogP contribution in [0.5, 0.6) is 0 Å². The van der Waals surface area contributed by atoms with E-state index in [2.05, 4.69) is 40.3 Å². The van der Waals surface area contributed by atoms with E-state index in [0.717, 1.165) is 10.2 Å². The number of nitrogens with one attached hydrogen (secondary N) is 1. The number of rotatable bonds is 3. The van der Waals surface area contributed by atoms with Gasteiger partial charge in [0.2, 0.25) is 0 Å². The fraction of sp³-hybridized carbons (Fsp3) is 0.133. The molecule has 0 aliphatic carbocycles. The molecule has 0 aliphatic rings. The maximum atomic E-state index is 9.06. The summed E-state index contributed by atoms with van der Waals surface area (Å²) in [6, 6.07) is 17.9. The third-order valence-corrected chi connectivity index (χ3v) is 3.51. The van der Waals surface area contributed by atoms with Gasteiger partial charge in [-0.05, 0) is 30.7 Å². The quantitative estimate of drug-likeness (QED) is 0.906. The van der Waals surface area contributed by atoms with Gasteiger partial charge < -0.3 is 5.32 Å². The average molecular weight is 301 g/mol. The van der Waals surface area contributed by atoms with E-state index >= 15 is 0 Å². The summed E-state index contributed by atoms with van der Waals surface area (Å²) in [6.07, 6.45) is 0. The first kappa shape index (κ1) is 12.7. The van der Waals surface area contributed by atoms with Crippen molar-refractivity contribution in [1.29, 1.82) is 5.26 Å². The van der Waals surface area contributed by atoms with Crippen LogP contribution in [-0.4, -0.2) is 0 Å². The van der Waals surface area contributed by atoms with Gasteiger partial charge in [0.05, 0.1) is 11.3 Å². The number of hydrogen-bond donors (Lipinski definition) is 1. The number of para-hydroxylation sites is 1. The molecule has 0 heterocycles. The van der Waals surface area contributed by atoms with Crippen molar-refractivity contribution >= 4 is 21.6 Å². The van der Waals surface area contributed by atoms with Gasteiger partial charge in [0.25, 0.3) is 0 Å². The summed E-state index contributed by atoms with van der Waals surface area (Å²) in [7, 11) is 0. The van der Waals surface area contributed by atoms with Crippen LogP contribution >= 0.6 is 15.9 Å². The van der Waals surface area contributed by atoms with Crippen molar-refractivity contribution in [3.05, 3.63) is 64.1 Å². The van der Waals surface area contributed by atoms with Crippen LogP contribution in [0, 0.1) is 11.3 Å². The van der Waals surface area contributed by atoms with E-state index in [-0.39, 0.29) is 6.04 Å². The molecule has 18 heavy (non-hydrogen) atoms. The fourth-order valence-corrected chi connectivity index (χ4v) is 2.47. The van der Waals surface area contributed by atoms with Gasteiger partial charge >= 0.3 is 0 Å². The molecule has 0 fully saturated rings. The van der Waals surface area contributed by atoms with Gasteiger partial charge in [0, 0.05) is 10.5 Å². The lowest BCUT2D eigenvalue weighted by Crippen LogP contribution is -2.08. The van der Waals surface area contributed by atoms with Gasteiger partial charge in [-0.1, -0.05) is 46.3 Å². The smallest absolute Gasteiger partial charge is 0.101 e. The SMILES string of the molecule is CC(Nc1ccccc1C#N)c1ccccc1Br. The van der Waals surface area contributed by atoms with Crippen LogP contribution in [0.2, 0.25) is 0 Å². The number of hydrogen-bond acceptors (Lipinski definition) is 2. The second kappa shape index (κ2) is 5.70. The molecule has 2 aromatic rings. The van der Waals surface area contributed by atoms with E-state index in [1.807, 2.05) is 42.5 Å². The molecular weight excluding hydrogens is 288 g/mol. The van der Waals surface area contributed by atoms with E-state index in [1.54, 1.807) is 0 Å². The van der Waals surface area contributed by atoms with Crippen LogP contribution in [0.3, 0.4) is 0 Å². The zero-order valence-electron chi connectivity index (χ0n) is 10.0. The second-order valence-corrected chi connectivity index (χ2v) is 4.90. The molecule has 2 nitrogen and oxygen atoms in total. The molecule has 90 valence electrons. The Morgan fingerprint density at radius 1 is 1.11 bits per heavy atom. The molecule has 0 bridgehead atoms. The number of anilines is 1. The first-order valence-electron chi connectivity index (χ1n) is 5.72. The molecular formula is C15H13BrN2. The first-order valence-corrected chi connectivity index (χ1v) is 6.51. The molecule has 1 N–H and O–H groups in total. The molecule has 2 rings (SSSR count). The van der Waals surface area contributed by atoms with Crippen molar-refractivity contribution in [1.82, 2.24) is 0 Å². The largest absolute Gasteiger partial charge is 0.377 e. The van der Waals surface area contributed by atoms with Crippen molar-refractivity contribution in [2.45, 2.75) is 13.0 Å². The van der Waals surface area contributed by atoms with Crippen molar-refractivity contribution in [3.63, 3.8) is 0 Å². The highest BCUT2D eigenvalue weighted by Crippen LogP contribution is 2.27. The minimum absolute atomic E-state index is 0.134. The van der Waals surface area contributed by atoms with E-state index in [4.69, 9.17) is 5.26 Å². The predicted molar refractivity (Wildman–Crippen MR) is 77.3 cm³/mol. The Morgan fingerprint density at radius 2 is 1.78 bits per heavy atom. The van der Waals surface area contributed by atoms with Gasteiger partial charge in [0.1, 0.15) is 6.07 Å². The third-order valence-electron chi connectivity index (χ3n) is 2.79. The zero-order chi connectivity index (χ0) is 13.0. The van der Waals surface area contributed by atoms with E-state index in [0.29, 0.717) is 5.56 Å². The number of nitrogens with zero attached hydrogens (tertiary/aromatic N) is 1. The van der Waals surface area contributed by atoms with Crippen LogP contribution in [-0.2, 0) is 0 Å². The Labute approximate surface area is 115 Å². The summed E-state index contributed by atoms with van der Waals surface area (Å²) in [5.74, 6) is 0. The number of nitriles is 1. The van der Waals surface area contributed by atoms with Crippen molar-refractivity contribution in [2.75, 3.05) is 5.32 Å². The Morgan fingerprint density at radius 3 is 2.50 bits per heavy atom. The molecule has 1 atom stereocenters. The van der Waals surface area contributed by atoms with Gasteiger partial charge in [-0.3, -0.25) is 0 Å². The van der Waals surface area contributed by atoms with Gasteiger partial charge in [0.15, 0.2) is 0 Å². The summed E-state index contributed by atoms with van der Waals surface area (Å²) in [6.45, 7) is 2.08. The van der Waals surface area contributed by atoms with Gasteiger partial charge in [-0.15, -0.1) is 0 Å². The Bertz CT molecular complexity index is 587. The highest BCUT2D eigenvalue weighted by molar-refractivity contribution is 9.10. The number of benzene rings is 2. The third kappa shape index (κ3) is 2.72. The molecule has 0 aromatic heterocycles. The minimum atomic E-state index is 0.134. The van der Waals surface area contributed by atoms with Crippen LogP contribution in [0.25, 0.3) is 0 Å². The maximum Gasteiger partial charge on any atom is 0.101 e. The lowest BCUT2D eigenvalue weighted by atomic mass is 10.1. The summed E-state index contributed by atoms with van der Waals surface area (Å²) in [5.41, 5.74) is 2.70. The highest BCUT2D eigenvalue weighted by Gasteiger charge is 2.10. The minimum Gasteiger partial charge on any atom is -0.377 e. The molecule has 0 saturated heterocycles. The fourth-order valence-electron chi connectivity index (χ4n) is 1.84. The maximum absolute atomic E-state index is 9.06. The molecule has 3 heteroatoms. The molecule has 0 spiro atoms. The molecule has 0 amide bonds. The van der Waals surface area contributed by atoms with Crippen molar-refractivity contribution < 1.29 is 0 Å². The normalized spacial score (nSPS) is 11.6. The predicted octanol–water partition coefficient (Wildman–Crippen LogP) is 4.49. The second-order valence-electron chi connectivity index (χ2n) is 4.04. The van der Waals surface area contributed by atoms with Crippen LogP contribution < -0.4 is 5.32 Å². The standard InChI is InChI=1S/C15H13BrN2/c1-11(13-7-3-4-8-14(13)16)18-15-9-5-2-6-12(15)10-17/h2-9,11,18H,1H3. The summed E-state index contributed by atoms with van der Waals surface area (Å²) < 4.78 is 1.07.